The van der Waals surface area contributed by atoms with Crippen LogP contribution in [0, 0.1) is 0 Å². The van der Waals surface area contributed by atoms with Crippen molar-refractivity contribution in [1.29, 1.82) is 0 Å². The lowest BCUT2D eigenvalue weighted by Gasteiger charge is -2.24. The van der Waals surface area contributed by atoms with Gasteiger partial charge in [0.1, 0.15) is 12.3 Å². The average Bonchev–Trinajstić information content (AvgIpc) is 2.94. The number of nitrogens with zero attached hydrogens (tertiary/aromatic N) is 1. The maximum atomic E-state index is 12.3. The Hall–Kier alpha value is -2.57. The normalized spacial score (nSPS) is 15.5. The molecule has 0 saturated carbocycles. The number of nitrogens with one attached hydrogen (secondary N) is 1. The van der Waals surface area contributed by atoms with Gasteiger partial charge in [0.05, 0.1) is 0 Å². The van der Waals surface area contributed by atoms with Gasteiger partial charge in [0.25, 0.3) is 11.8 Å². The first-order valence-corrected chi connectivity index (χ1v) is 8.99. The van der Waals surface area contributed by atoms with Crippen LogP contribution in [0.3, 0.4) is 0 Å². The molecule has 0 spiro atoms. The van der Waals surface area contributed by atoms with Gasteiger partial charge in [0.2, 0.25) is 0 Å². The van der Waals surface area contributed by atoms with Crippen LogP contribution in [0.15, 0.2) is 30.3 Å². The molecule has 26 heavy (non-hydrogen) atoms. The van der Waals surface area contributed by atoms with Gasteiger partial charge >= 0.3 is 5.97 Å². The number of rotatable bonds is 7. The fourth-order valence-corrected chi connectivity index (χ4v) is 2.72. The Morgan fingerprint density at radius 1 is 1.08 bits per heavy atom. The van der Waals surface area contributed by atoms with Crippen molar-refractivity contribution in [2.75, 3.05) is 26.2 Å². The maximum Gasteiger partial charge on any atom is 0.326 e. The zero-order valence-electron chi connectivity index (χ0n) is 15.1. The SMILES string of the molecule is CC(OC(=O)CNC(=O)COc1ccccc1)C(=O)N1CCCCCC1. The Bertz CT molecular complexity index is 597. The minimum absolute atomic E-state index is 0.181. The van der Waals surface area contributed by atoms with Gasteiger partial charge in [-0.05, 0) is 31.9 Å². The molecule has 1 N–H and O–H groups in total. The predicted molar refractivity (Wildman–Crippen MR) is 95.5 cm³/mol. The van der Waals surface area contributed by atoms with Crippen LogP contribution in [0.25, 0.3) is 0 Å². The van der Waals surface area contributed by atoms with Crippen molar-refractivity contribution in [3.05, 3.63) is 30.3 Å². The van der Waals surface area contributed by atoms with Crippen molar-refractivity contribution in [3.8, 4) is 5.75 Å². The lowest BCUT2D eigenvalue weighted by molar-refractivity contribution is -0.158. The highest BCUT2D eigenvalue weighted by Crippen LogP contribution is 2.11. The Morgan fingerprint density at radius 2 is 1.73 bits per heavy atom. The summed E-state index contributed by atoms with van der Waals surface area (Å²) in [5.41, 5.74) is 0. The van der Waals surface area contributed by atoms with Crippen molar-refractivity contribution in [2.24, 2.45) is 0 Å². The van der Waals surface area contributed by atoms with E-state index in [2.05, 4.69) is 5.32 Å². The summed E-state index contributed by atoms with van der Waals surface area (Å²) < 4.78 is 10.4. The Kier molecular flexibility index (Phi) is 7.92. The highest BCUT2D eigenvalue weighted by atomic mass is 16.5. The Labute approximate surface area is 153 Å². The van der Waals surface area contributed by atoms with Crippen LogP contribution in [0.2, 0.25) is 0 Å². The van der Waals surface area contributed by atoms with Crippen LogP contribution in [0.4, 0.5) is 0 Å². The zero-order valence-corrected chi connectivity index (χ0v) is 15.1. The molecule has 7 nitrogen and oxygen atoms in total. The van der Waals surface area contributed by atoms with Crippen molar-refractivity contribution in [1.82, 2.24) is 10.2 Å². The summed E-state index contributed by atoms with van der Waals surface area (Å²) in [7, 11) is 0. The van der Waals surface area contributed by atoms with E-state index in [9.17, 15) is 14.4 Å². The molecule has 7 heteroatoms. The van der Waals surface area contributed by atoms with E-state index in [0.717, 1.165) is 25.7 Å². The van der Waals surface area contributed by atoms with E-state index in [1.807, 2.05) is 6.07 Å². The molecule has 2 rings (SSSR count). The van der Waals surface area contributed by atoms with Gasteiger partial charge in [-0.1, -0.05) is 31.0 Å². The molecule has 142 valence electrons. The van der Waals surface area contributed by atoms with Crippen LogP contribution < -0.4 is 10.1 Å². The molecule has 1 aliphatic heterocycles. The second-order valence-electron chi connectivity index (χ2n) is 6.25. The molecule has 2 amide bonds. The summed E-state index contributed by atoms with van der Waals surface area (Å²) in [6, 6.07) is 8.91. The summed E-state index contributed by atoms with van der Waals surface area (Å²) in [6.07, 6.45) is 3.34. The van der Waals surface area contributed by atoms with Gasteiger partial charge < -0.3 is 19.7 Å². The van der Waals surface area contributed by atoms with Crippen molar-refractivity contribution in [3.63, 3.8) is 0 Å². The number of para-hydroxylation sites is 1. The van der Waals surface area contributed by atoms with Crippen molar-refractivity contribution < 1.29 is 23.9 Å². The largest absolute Gasteiger partial charge is 0.484 e. The van der Waals surface area contributed by atoms with Gasteiger partial charge in [-0.25, -0.2) is 0 Å². The average molecular weight is 362 g/mol. The summed E-state index contributed by atoms with van der Waals surface area (Å²) in [5.74, 6) is -0.688. The third kappa shape index (κ3) is 6.74. The molecule has 0 aromatic heterocycles. The molecule has 1 unspecified atom stereocenters. The standard InChI is InChI=1S/C19H26N2O5/c1-15(19(24)21-11-7-2-3-8-12-21)26-18(23)13-20-17(22)14-25-16-9-5-4-6-10-16/h4-6,9-10,15H,2-3,7-8,11-14H2,1H3,(H,20,22). The van der Waals surface area contributed by atoms with Gasteiger partial charge in [-0.2, -0.15) is 0 Å². The van der Waals surface area contributed by atoms with Gasteiger partial charge in [0.15, 0.2) is 12.7 Å². The number of hydrogen-bond acceptors (Lipinski definition) is 5. The lowest BCUT2D eigenvalue weighted by Crippen LogP contribution is -2.42. The Morgan fingerprint density at radius 3 is 2.38 bits per heavy atom. The van der Waals surface area contributed by atoms with Gasteiger partial charge in [-0.15, -0.1) is 0 Å². The van der Waals surface area contributed by atoms with E-state index in [1.54, 1.807) is 36.1 Å². The third-order valence-corrected chi connectivity index (χ3v) is 4.12. The first-order valence-electron chi connectivity index (χ1n) is 8.99. The number of ether oxygens (including phenoxy) is 2. The molecule has 1 aromatic rings. The van der Waals surface area contributed by atoms with Crippen LogP contribution in [-0.4, -0.2) is 55.0 Å². The van der Waals surface area contributed by atoms with Crippen LogP contribution in [0.1, 0.15) is 32.6 Å². The van der Waals surface area contributed by atoms with Gasteiger partial charge in [0, 0.05) is 13.1 Å². The predicted octanol–water partition coefficient (Wildman–Crippen LogP) is 1.52. The molecule has 1 fully saturated rings. The quantitative estimate of drug-likeness (QED) is 0.744. The minimum atomic E-state index is -0.849. The van der Waals surface area contributed by atoms with E-state index < -0.39 is 18.0 Å². The number of carbonyl (C=O) groups is 3. The topological polar surface area (TPSA) is 84.9 Å². The Balaban J connectivity index is 1.66. The molecule has 1 aliphatic rings. The summed E-state index contributed by atoms with van der Waals surface area (Å²) in [6.45, 7) is 2.47. The molecular weight excluding hydrogens is 336 g/mol. The monoisotopic (exact) mass is 362 g/mol. The first-order chi connectivity index (χ1) is 12.6. The van der Waals surface area contributed by atoms with Crippen LogP contribution >= 0.6 is 0 Å². The third-order valence-electron chi connectivity index (χ3n) is 4.12. The number of esters is 1. The lowest BCUT2D eigenvalue weighted by atomic mass is 10.2. The summed E-state index contributed by atoms with van der Waals surface area (Å²) in [5, 5.41) is 2.42. The fourth-order valence-electron chi connectivity index (χ4n) is 2.72. The molecule has 0 radical (unpaired) electrons. The van der Waals surface area contributed by atoms with E-state index >= 15 is 0 Å². The second kappa shape index (κ2) is 10.4. The van der Waals surface area contributed by atoms with Crippen molar-refractivity contribution in [2.45, 2.75) is 38.7 Å². The number of carbonyl (C=O) groups excluding carboxylic acids is 3. The van der Waals surface area contributed by atoms with Crippen molar-refractivity contribution >= 4 is 17.8 Å². The highest BCUT2D eigenvalue weighted by molar-refractivity contribution is 5.86. The maximum absolute atomic E-state index is 12.3. The molecule has 1 saturated heterocycles. The number of benzene rings is 1. The van der Waals surface area contributed by atoms with Gasteiger partial charge in [-0.3, -0.25) is 14.4 Å². The van der Waals surface area contributed by atoms with E-state index in [4.69, 9.17) is 9.47 Å². The second-order valence-corrected chi connectivity index (χ2v) is 6.25. The smallest absolute Gasteiger partial charge is 0.326 e. The first kappa shape index (κ1) is 19.8. The fraction of sp³-hybridized carbons (Fsp3) is 0.526. The number of likely N-dealkylation sites (tertiary alicyclic amines) is 1. The van der Waals surface area contributed by atoms with E-state index in [1.165, 1.54) is 0 Å². The molecule has 1 heterocycles. The van der Waals surface area contributed by atoms with E-state index in [-0.39, 0.29) is 19.1 Å². The highest BCUT2D eigenvalue weighted by Gasteiger charge is 2.24. The molecule has 0 bridgehead atoms. The van der Waals surface area contributed by atoms with Crippen LogP contribution in [0.5, 0.6) is 5.75 Å². The minimum Gasteiger partial charge on any atom is -0.484 e. The summed E-state index contributed by atoms with van der Waals surface area (Å²) in [4.78, 5) is 37.6. The molecule has 1 atom stereocenters. The number of hydrogen-bond donors (Lipinski definition) is 1. The molecule has 0 aliphatic carbocycles. The summed E-state index contributed by atoms with van der Waals surface area (Å²) >= 11 is 0. The number of amides is 2. The van der Waals surface area contributed by atoms with Crippen LogP contribution in [-0.2, 0) is 19.1 Å². The zero-order chi connectivity index (χ0) is 18.8. The molecular formula is C19H26N2O5. The van der Waals surface area contributed by atoms with E-state index in [0.29, 0.717) is 18.8 Å². The molecule has 1 aromatic carbocycles.